The maximum Gasteiger partial charge on any atom is 0.317 e. The molecule has 1 fully saturated rings. The van der Waals surface area contributed by atoms with Crippen molar-refractivity contribution in [3.63, 3.8) is 0 Å². The van der Waals surface area contributed by atoms with Gasteiger partial charge in [-0.15, -0.1) is 0 Å². The average molecular weight is 368 g/mol. The lowest BCUT2D eigenvalue weighted by atomic mass is 10.3. The van der Waals surface area contributed by atoms with Gasteiger partial charge in [-0.2, -0.15) is 0 Å². The Kier molecular flexibility index (Phi) is 5.06. The predicted octanol–water partition coefficient (Wildman–Crippen LogP) is 1.70. The van der Waals surface area contributed by atoms with Crippen LogP contribution in [-0.2, 0) is 13.0 Å². The van der Waals surface area contributed by atoms with E-state index in [0.29, 0.717) is 6.54 Å². The van der Waals surface area contributed by atoms with Crippen LogP contribution in [0.25, 0.3) is 5.65 Å². The first-order valence-corrected chi connectivity index (χ1v) is 9.27. The van der Waals surface area contributed by atoms with Crippen molar-refractivity contribution in [1.29, 1.82) is 0 Å². The van der Waals surface area contributed by atoms with Gasteiger partial charge in [0.05, 0.1) is 11.4 Å². The van der Waals surface area contributed by atoms with E-state index in [1.807, 2.05) is 52.9 Å². The third-order valence-corrected chi connectivity index (χ3v) is 4.79. The molecule has 3 aromatic rings. The molecule has 4 rings (SSSR count). The fraction of sp³-hybridized carbons (Fsp3) is 0.421. The second kappa shape index (κ2) is 7.79. The van der Waals surface area contributed by atoms with Crippen molar-refractivity contribution in [3.8, 4) is 0 Å². The number of piperazine rings is 1. The van der Waals surface area contributed by atoms with Crippen LogP contribution in [0.15, 0.2) is 41.2 Å². The minimum atomic E-state index is -0.00399. The molecule has 4 heterocycles. The summed E-state index contributed by atoms with van der Waals surface area (Å²) >= 11 is 0. The number of carbonyl (C=O) groups excluding carboxylic acids is 1. The maximum atomic E-state index is 12.4. The van der Waals surface area contributed by atoms with Crippen LogP contribution in [0.1, 0.15) is 17.1 Å². The van der Waals surface area contributed by atoms with Crippen LogP contribution in [0.4, 0.5) is 4.79 Å². The Bertz CT molecular complexity index is 877. The Morgan fingerprint density at radius 3 is 2.81 bits per heavy atom. The molecule has 8 nitrogen and oxygen atoms in total. The van der Waals surface area contributed by atoms with E-state index in [0.717, 1.165) is 61.9 Å². The standard InChI is InChI=1S/C19H24N6O2/c1-15-12-17(22-27-15)13-23-8-10-24(11-9-23)19(26)20-6-5-16-14-25-7-3-2-4-18(25)21-16/h2-4,7,12,14H,5-6,8-11,13H2,1H3,(H,20,26). The summed E-state index contributed by atoms with van der Waals surface area (Å²) in [4.78, 5) is 21.1. The van der Waals surface area contributed by atoms with E-state index < -0.39 is 0 Å². The number of imidazole rings is 1. The molecular formula is C19H24N6O2. The van der Waals surface area contributed by atoms with Gasteiger partial charge in [0.15, 0.2) is 0 Å². The summed E-state index contributed by atoms with van der Waals surface area (Å²) < 4.78 is 7.10. The second-order valence-corrected chi connectivity index (χ2v) is 6.87. The SMILES string of the molecule is Cc1cc(CN2CCN(C(=O)NCCc3cn4ccccc4n3)CC2)no1. The third kappa shape index (κ3) is 4.28. The number of aromatic nitrogens is 3. The van der Waals surface area contributed by atoms with Crippen molar-refractivity contribution in [2.75, 3.05) is 32.7 Å². The van der Waals surface area contributed by atoms with Crippen LogP contribution in [0.5, 0.6) is 0 Å². The molecule has 142 valence electrons. The number of hydrogen-bond donors (Lipinski definition) is 1. The Morgan fingerprint density at radius 2 is 2.07 bits per heavy atom. The number of hydrogen-bond acceptors (Lipinski definition) is 5. The lowest BCUT2D eigenvalue weighted by Crippen LogP contribution is -2.51. The lowest BCUT2D eigenvalue weighted by molar-refractivity contribution is 0.133. The zero-order valence-corrected chi connectivity index (χ0v) is 15.5. The summed E-state index contributed by atoms with van der Waals surface area (Å²) in [5, 5.41) is 7.04. The Balaban J connectivity index is 1.20. The normalized spacial score (nSPS) is 15.4. The fourth-order valence-corrected chi connectivity index (χ4v) is 3.35. The van der Waals surface area contributed by atoms with E-state index in [9.17, 15) is 4.79 Å². The Labute approximate surface area is 157 Å². The van der Waals surface area contributed by atoms with Gasteiger partial charge in [0.1, 0.15) is 11.4 Å². The van der Waals surface area contributed by atoms with Crippen LogP contribution in [0.3, 0.4) is 0 Å². The van der Waals surface area contributed by atoms with Gasteiger partial charge in [-0.3, -0.25) is 4.90 Å². The number of nitrogens with zero attached hydrogens (tertiary/aromatic N) is 5. The molecule has 1 N–H and O–H groups in total. The number of rotatable bonds is 5. The number of fused-ring (bicyclic) bond motifs is 1. The van der Waals surface area contributed by atoms with Crippen LogP contribution < -0.4 is 5.32 Å². The van der Waals surface area contributed by atoms with E-state index in [-0.39, 0.29) is 6.03 Å². The number of pyridine rings is 1. The van der Waals surface area contributed by atoms with Crippen LogP contribution >= 0.6 is 0 Å². The molecule has 0 saturated carbocycles. The Hall–Kier alpha value is -2.87. The van der Waals surface area contributed by atoms with Gasteiger partial charge in [0.25, 0.3) is 0 Å². The second-order valence-electron chi connectivity index (χ2n) is 6.87. The highest BCUT2D eigenvalue weighted by atomic mass is 16.5. The molecule has 0 aliphatic carbocycles. The summed E-state index contributed by atoms with van der Waals surface area (Å²) in [5.74, 6) is 0.827. The quantitative estimate of drug-likeness (QED) is 0.742. The summed E-state index contributed by atoms with van der Waals surface area (Å²) in [6.07, 6.45) is 4.70. The van der Waals surface area contributed by atoms with Gasteiger partial charge in [-0.1, -0.05) is 11.2 Å². The minimum Gasteiger partial charge on any atom is -0.361 e. The first-order chi connectivity index (χ1) is 13.2. The molecule has 0 radical (unpaired) electrons. The molecule has 1 saturated heterocycles. The molecule has 1 aliphatic heterocycles. The zero-order valence-electron chi connectivity index (χ0n) is 15.5. The highest BCUT2D eigenvalue weighted by Gasteiger charge is 2.21. The first kappa shape index (κ1) is 17.5. The first-order valence-electron chi connectivity index (χ1n) is 9.27. The zero-order chi connectivity index (χ0) is 18.6. The summed E-state index contributed by atoms with van der Waals surface area (Å²) in [6, 6.07) is 7.87. The van der Waals surface area contributed by atoms with Gasteiger partial charge >= 0.3 is 6.03 Å². The molecular weight excluding hydrogens is 344 g/mol. The van der Waals surface area contributed by atoms with Crippen molar-refractivity contribution in [1.82, 2.24) is 29.7 Å². The molecule has 3 aromatic heterocycles. The van der Waals surface area contributed by atoms with E-state index in [2.05, 4.69) is 20.4 Å². The topological polar surface area (TPSA) is 78.9 Å². The van der Waals surface area contributed by atoms with Crippen molar-refractivity contribution < 1.29 is 9.32 Å². The summed E-state index contributed by atoms with van der Waals surface area (Å²) in [5.41, 5.74) is 2.85. The number of nitrogens with one attached hydrogen (secondary N) is 1. The van der Waals surface area contributed by atoms with Gasteiger partial charge in [-0.25, -0.2) is 9.78 Å². The number of carbonyl (C=O) groups is 1. The number of urea groups is 1. The number of amides is 2. The molecule has 0 aromatic carbocycles. The average Bonchev–Trinajstić information content (AvgIpc) is 3.27. The van der Waals surface area contributed by atoms with Crippen LogP contribution in [-0.4, -0.2) is 63.1 Å². The van der Waals surface area contributed by atoms with E-state index in [1.54, 1.807) is 0 Å². The van der Waals surface area contributed by atoms with Crippen LogP contribution in [0.2, 0.25) is 0 Å². The molecule has 0 spiro atoms. The van der Waals surface area contributed by atoms with Crippen molar-refractivity contribution in [2.24, 2.45) is 0 Å². The van der Waals surface area contributed by atoms with Gasteiger partial charge in [0.2, 0.25) is 0 Å². The summed E-state index contributed by atoms with van der Waals surface area (Å²) in [6.45, 7) is 6.36. The number of aryl methyl sites for hydroxylation is 1. The third-order valence-electron chi connectivity index (χ3n) is 4.79. The largest absolute Gasteiger partial charge is 0.361 e. The fourth-order valence-electron chi connectivity index (χ4n) is 3.35. The lowest BCUT2D eigenvalue weighted by Gasteiger charge is -2.34. The van der Waals surface area contributed by atoms with Crippen molar-refractivity contribution >= 4 is 11.7 Å². The minimum absolute atomic E-state index is 0.00399. The highest BCUT2D eigenvalue weighted by Crippen LogP contribution is 2.09. The van der Waals surface area contributed by atoms with E-state index in [4.69, 9.17) is 4.52 Å². The molecule has 27 heavy (non-hydrogen) atoms. The monoisotopic (exact) mass is 368 g/mol. The molecule has 0 atom stereocenters. The van der Waals surface area contributed by atoms with Gasteiger partial charge < -0.3 is 19.1 Å². The molecule has 8 heteroatoms. The molecule has 1 aliphatic rings. The Morgan fingerprint density at radius 1 is 1.22 bits per heavy atom. The smallest absolute Gasteiger partial charge is 0.317 e. The molecule has 2 amide bonds. The van der Waals surface area contributed by atoms with Gasteiger partial charge in [-0.05, 0) is 19.1 Å². The highest BCUT2D eigenvalue weighted by molar-refractivity contribution is 5.74. The summed E-state index contributed by atoms with van der Waals surface area (Å²) in [7, 11) is 0. The molecule has 0 bridgehead atoms. The predicted molar refractivity (Wildman–Crippen MR) is 100 cm³/mol. The maximum absolute atomic E-state index is 12.4. The van der Waals surface area contributed by atoms with Crippen molar-refractivity contribution in [2.45, 2.75) is 19.9 Å². The van der Waals surface area contributed by atoms with Crippen molar-refractivity contribution in [3.05, 3.63) is 53.8 Å². The van der Waals surface area contributed by atoms with E-state index >= 15 is 0 Å². The van der Waals surface area contributed by atoms with E-state index in [1.165, 1.54) is 0 Å². The van der Waals surface area contributed by atoms with Gasteiger partial charge in [0, 0.05) is 64.1 Å². The molecule has 0 unspecified atom stereocenters. The van der Waals surface area contributed by atoms with Crippen LogP contribution in [0, 0.1) is 6.92 Å².